The summed E-state index contributed by atoms with van der Waals surface area (Å²) in [6.07, 6.45) is 4.00. The predicted octanol–water partition coefficient (Wildman–Crippen LogP) is 4.64. The van der Waals surface area contributed by atoms with E-state index >= 15 is 0 Å². The number of carbonyl (C=O) groups is 2. The third-order valence-electron chi connectivity index (χ3n) is 6.21. The highest BCUT2D eigenvalue weighted by molar-refractivity contribution is 9.10. The second-order valence-electron chi connectivity index (χ2n) is 8.67. The van der Waals surface area contributed by atoms with Crippen LogP contribution in [0.2, 0.25) is 0 Å². The van der Waals surface area contributed by atoms with Crippen molar-refractivity contribution in [2.75, 3.05) is 19.6 Å². The zero-order chi connectivity index (χ0) is 23.4. The first kappa shape index (κ1) is 23.2. The highest BCUT2D eigenvalue weighted by atomic mass is 79.9. The molecule has 8 nitrogen and oxygen atoms in total. The van der Waals surface area contributed by atoms with Crippen LogP contribution in [0.25, 0.3) is 0 Å². The third-order valence-corrected chi connectivity index (χ3v) is 6.93. The standard InChI is InChI=1S/C24H27BrN4O4/c25-21-5-2-1-4-20(21)22-6-3-13-28(22)23(30)14-26-24(31)27(15-17-7-8-17)16-18-9-11-19(12-10-18)29(32)33/h1-2,4-5,9-12,17,22H,3,6-8,13-16H2,(H,26,31). The topological polar surface area (TPSA) is 95.8 Å². The second kappa shape index (κ2) is 10.3. The minimum absolute atomic E-state index is 0.00709. The summed E-state index contributed by atoms with van der Waals surface area (Å²) in [5.74, 6) is 0.381. The summed E-state index contributed by atoms with van der Waals surface area (Å²) in [5.41, 5.74) is 1.92. The summed E-state index contributed by atoms with van der Waals surface area (Å²) >= 11 is 3.59. The van der Waals surface area contributed by atoms with E-state index in [1.807, 2.05) is 29.2 Å². The van der Waals surface area contributed by atoms with Gasteiger partial charge in [0.15, 0.2) is 0 Å². The van der Waals surface area contributed by atoms with E-state index in [1.165, 1.54) is 12.1 Å². The van der Waals surface area contributed by atoms with Crippen molar-refractivity contribution in [3.63, 3.8) is 0 Å². The molecule has 2 aromatic rings. The van der Waals surface area contributed by atoms with E-state index in [9.17, 15) is 19.7 Å². The summed E-state index contributed by atoms with van der Waals surface area (Å²) < 4.78 is 0.984. The van der Waals surface area contributed by atoms with E-state index in [2.05, 4.69) is 21.2 Å². The Balaban J connectivity index is 1.37. The summed E-state index contributed by atoms with van der Waals surface area (Å²) in [5, 5.41) is 13.7. The van der Waals surface area contributed by atoms with Crippen molar-refractivity contribution in [2.45, 2.75) is 38.3 Å². The van der Waals surface area contributed by atoms with Crippen molar-refractivity contribution in [1.29, 1.82) is 0 Å². The number of carbonyl (C=O) groups excluding carboxylic acids is 2. The average molecular weight is 515 g/mol. The molecule has 174 valence electrons. The molecular weight excluding hydrogens is 488 g/mol. The highest BCUT2D eigenvalue weighted by Gasteiger charge is 2.32. The van der Waals surface area contributed by atoms with Crippen LogP contribution in [0.15, 0.2) is 53.0 Å². The van der Waals surface area contributed by atoms with Gasteiger partial charge < -0.3 is 15.1 Å². The number of hydrogen-bond acceptors (Lipinski definition) is 4. The van der Waals surface area contributed by atoms with Crippen LogP contribution in [0.1, 0.15) is 42.9 Å². The van der Waals surface area contributed by atoms with E-state index in [0.717, 1.165) is 41.3 Å². The Hall–Kier alpha value is -2.94. The Morgan fingerprint density at radius 3 is 2.52 bits per heavy atom. The van der Waals surface area contributed by atoms with Crippen LogP contribution < -0.4 is 5.32 Å². The number of rotatable bonds is 8. The van der Waals surface area contributed by atoms with Gasteiger partial charge in [-0.1, -0.05) is 46.3 Å². The van der Waals surface area contributed by atoms with Crippen molar-refractivity contribution in [3.8, 4) is 0 Å². The lowest BCUT2D eigenvalue weighted by Crippen LogP contribution is -2.45. The largest absolute Gasteiger partial charge is 0.334 e. The predicted molar refractivity (Wildman–Crippen MR) is 127 cm³/mol. The molecule has 1 saturated heterocycles. The van der Waals surface area contributed by atoms with Gasteiger partial charge in [0.1, 0.15) is 0 Å². The molecule has 9 heteroatoms. The van der Waals surface area contributed by atoms with Gasteiger partial charge in [-0.05, 0) is 48.8 Å². The molecule has 2 aromatic carbocycles. The van der Waals surface area contributed by atoms with Crippen LogP contribution in [0, 0.1) is 16.0 Å². The van der Waals surface area contributed by atoms with Crippen molar-refractivity contribution in [3.05, 3.63) is 74.2 Å². The van der Waals surface area contributed by atoms with E-state index in [1.54, 1.807) is 17.0 Å². The van der Waals surface area contributed by atoms with Gasteiger partial charge in [0, 0.05) is 36.2 Å². The van der Waals surface area contributed by atoms with E-state index in [-0.39, 0.29) is 30.2 Å². The van der Waals surface area contributed by atoms with Crippen molar-refractivity contribution in [2.24, 2.45) is 5.92 Å². The Morgan fingerprint density at radius 2 is 1.85 bits per heavy atom. The molecule has 3 amide bonds. The maximum absolute atomic E-state index is 13.0. The fourth-order valence-electron chi connectivity index (χ4n) is 4.27. The lowest BCUT2D eigenvalue weighted by molar-refractivity contribution is -0.384. The maximum atomic E-state index is 13.0. The summed E-state index contributed by atoms with van der Waals surface area (Å²) in [7, 11) is 0. The number of nitrogens with one attached hydrogen (secondary N) is 1. The van der Waals surface area contributed by atoms with Gasteiger partial charge in [-0.25, -0.2) is 4.79 Å². The molecule has 0 radical (unpaired) electrons. The van der Waals surface area contributed by atoms with Gasteiger partial charge >= 0.3 is 6.03 Å². The Morgan fingerprint density at radius 1 is 1.12 bits per heavy atom. The minimum Gasteiger partial charge on any atom is -0.334 e. The fraction of sp³-hybridized carbons (Fsp3) is 0.417. The van der Waals surface area contributed by atoms with Crippen LogP contribution in [0.3, 0.4) is 0 Å². The van der Waals surface area contributed by atoms with Crippen LogP contribution >= 0.6 is 15.9 Å². The molecule has 1 heterocycles. The lowest BCUT2D eigenvalue weighted by atomic mass is 10.0. The number of benzene rings is 2. The molecule has 1 N–H and O–H groups in total. The molecular formula is C24H27BrN4O4. The van der Waals surface area contributed by atoms with Crippen LogP contribution in [-0.4, -0.2) is 46.3 Å². The molecule has 2 aliphatic rings. The average Bonchev–Trinajstić information content (AvgIpc) is 3.50. The molecule has 1 unspecified atom stereocenters. The molecule has 0 spiro atoms. The SMILES string of the molecule is O=C(NCC(=O)N1CCCC1c1ccccc1Br)N(Cc1ccc([N+](=O)[O-])cc1)CC1CC1. The summed E-state index contributed by atoms with van der Waals surface area (Å²) in [4.78, 5) is 39.9. The number of nitrogens with zero attached hydrogens (tertiary/aromatic N) is 3. The number of urea groups is 1. The number of likely N-dealkylation sites (tertiary alicyclic amines) is 1. The number of hydrogen-bond donors (Lipinski definition) is 1. The smallest absolute Gasteiger partial charge is 0.318 e. The van der Waals surface area contributed by atoms with Crippen LogP contribution in [0.5, 0.6) is 0 Å². The highest BCUT2D eigenvalue weighted by Crippen LogP contribution is 2.35. The molecule has 1 aliphatic carbocycles. The zero-order valence-corrected chi connectivity index (χ0v) is 19.9. The van der Waals surface area contributed by atoms with Crippen molar-refractivity contribution < 1.29 is 14.5 Å². The van der Waals surface area contributed by atoms with Crippen molar-refractivity contribution in [1.82, 2.24) is 15.1 Å². The first-order chi connectivity index (χ1) is 15.9. The molecule has 2 fully saturated rings. The number of nitro benzene ring substituents is 1. The molecule has 1 aliphatic heterocycles. The van der Waals surface area contributed by atoms with Crippen LogP contribution in [-0.2, 0) is 11.3 Å². The quantitative estimate of drug-likeness (QED) is 0.409. The number of halogens is 1. The first-order valence-corrected chi connectivity index (χ1v) is 12.0. The second-order valence-corrected chi connectivity index (χ2v) is 9.53. The summed E-state index contributed by atoms with van der Waals surface area (Å²) in [6, 6.07) is 13.9. The van der Waals surface area contributed by atoms with Gasteiger partial charge in [0.05, 0.1) is 17.5 Å². The van der Waals surface area contributed by atoms with Crippen LogP contribution in [0.4, 0.5) is 10.5 Å². The number of nitro groups is 1. The minimum atomic E-state index is -0.441. The number of non-ortho nitro benzene ring substituents is 1. The Bertz CT molecular complexity index is 1030. The van der Waals surface area contributed by atoms with E-state index in [4.69, 9.17) is 0 Å². The third kappa shape index (κ3) is 5.90. The van der Waals surface area contributed by atoms with E-state index in [0.29, 0.717) is 25.6 Å². The molecule has 1 atom stereocenters. The lowest BCUT2D eigenvalue weighted by Gasteiger charge is -2.27. The van der Waals surface area contributed by atoms with Crippen molar-refractivity contribution >= 4 is 33.6 Å². The van der Waals surface area contributed by atoms with E-state index < -0.39 is 4.92 Å². The molecule has 33 heavy (non-hydrogen) atoms. The number of amides is 3. The molecule has 0 bridgehead atoms. The fourth-order valence-corrected chi connectivity index (χ4v) is 4.82. The van der Waals surface area contributed by atoms with Gasteiger partial charge in [-0.3, -0.25) is 14.9 Å². The maximum Gasteiger partial charge on any atom is 0.318 e. The zero-order valence-electron chi connectivity index (χ0n) is 18.3. The van der Waals surface area contributed by atoms with Gasteiger partial charge in [-0.15, -0.1) is 0 Å². The monoisotopic (exact) mass is 514 g/mol. The Kier molecular flexibility index (Phi) is 7.27. The van der Waals surface area contributed by atoms with Gasteiger partial charge in [0.2, 0.25) is 5.91 Å². The molecule has 4 rings (SSSR count). The summed E-state index contributed by atoms with van der Waals surface area (Å²) in [6.45, 7) is 1.58. The Labute approximate surface area is 201 Å². The van der Waals surface area contributed by atoms with Gasteiger partial charge in [-0.2, -0.15) is 0 Å². The normalized spacial score (nSPS) is 17.6. The first-order valence-electron chi connectivity index (χ1n) is 11.2. The molecule has 1 saturated carbocycles. The molecule has 0 aromatic heterocycles. The van der Waals surface area contributed by atoms with Gasteiger partial charge in [0.25, 0.3) is 5.69 Å².